The Morgan fingerprint density at radius 2 is 2.05 bits per heavy atom. The SMILES string of the molecule is C[C@H](NC1CCc2ccccc2NC1=O)c1ccccn1. The molecule has 2 heterocycles. The van der Waals surface area contributed by atoms with Crippen LogP contribution in [0.15, 0.2) is 48.7 Å². The van der Waals surface area contributed by atoms with E-state index in [0.717, 1.165) is 24.2 Å². The van der Waals surface area contributed by atoms with Crippen LogP contribution in [-0.2, 0) is 11.2 Å². The molecule has 3 rings (SSSR count). The molecule has 21 heavy (non-hydrogen) atoms. The number of anilines is 1. The van der Waals surface area contributed by atoms with Crippen LogP contribution in [0, 0.1) is 0 Å². The van der Waals surface area contributed by atoms with Gasteiger partial charge in [-0.2, -0.15) is 0 Å². The summed E-state index contributed by atoms with van der Waals surface area (Å²) in [6.07, 6.45) is 3.46. The Labute approximate surface area is 124 Å². The van der Waals surface area contributed by atoms with Crippen LogP contribution >= 0.6 is 0 Å². The van der Waals surface area contributed by atoms with Crippen molar-refractivity contribution in [1.82, 2.24) is 10.3 Å². The lowest BCUT2D eigenvalue weighted by Gasteiger charge is -2.20. The molecule has 2 atom stereocenters. The van der Waals surface area contributed by atoms with Crippen molar-refractivity contribution in [2.24, 2.45) is 0 Å². The van der Waals surface area contributed by atoms with Crippen LogP contribution < -0.4 is 10.6 Å². The van der Waals surface area contributed by atoms with Gasteiger partial charge in [0.2, 0.25) is 5.91 Å². The number of amides is 1. The Morgan fingerprint density at radius 3 is 2.86 bits per heavy atom. The van der Waals surface area contributed by atoms with E-state index < -0.39 is 0 Å². The van der Waals surface area contributed by atoms with Crippen molar-refractivity contribution in [2.45, 2.75) is 31.8 Å². The number of aryl methyl sites for hydroxylation is 1. The lowest BCUT2D eigenvalue weighted by atomic mass is 10.0. The second kappa shape index (κ2) is 6.06. The summed E-state index contributed by atoms with van der Waals surface area (Å²) in [7, 11) is 0. The highest BCUT2D eigenvalue weighted by Crippen LogP contribution is 2.22. The fourth-order valence-electron chi connectivity index (χ4n) is 2.69. The Balaban J connectivity index is 1.71. The number of hydrogen-bond donors (Lipinski definition) is 2. The molecule has 1 aliphatic rings. The van der Waals surface area contributed by atoms with E-state index >= 15 is 0 Å². The first kappa shape index (κ1) is 13.8. The molecule has 4 nitrogen and oxygen atoms in total. The number of aromatic nitrogens is 1. The van der Waals surface area contributed by atoms with Crippen molar-refractivity contribution in [2.75, 3.05) is 5.32 Å². The lowest BCUT2D eigenvalue weighted by molar-refractivity contribution is -0.118. The number of rotatable bonds is 3. The van der Waals surface area contributed by atoms with Gasteiger partial charge in [0.25, 0.3) is 0 Å². The molecule has 0 fully saturated rings. The van der Waals surface area contributed by atoms with Gasteiger partial charge in [-0.05, 0) is 43.5 Å². The molecule has 1 aromatic heterocycles. The highest BCUT2D eigenvalue weighted by molar-refractivity contribution is 5.96. The topological polar surface area (TPSA) is 54.0 Å². The molecule has 108 valence electrons. The summed E-state index contributed by atoms with van der Waals surface area (Å²) in [6, 6.07) is 13.7. The molecule has 0 radical (unpaired) electrons. The number of carbonyl (C=O) groups excluding carboxylic acids is 1. The number of para-hydroxylation sites is 1. The molecule has 2 aromatic rings. The number of fused-ring (bicyclic) bond motifs is 1. The molecule has 0 saturated heterocycles. The van der Waals surface area contributed by atoms with Gasteiger partial charge in [0, 0.05) is 17.9 Å². The van der Waals surface area contributed by atoms with Crippen molar-refractivity contribution in [3.05, 3.63) is 59.9 Å². The second-order valence-electron chi connectivity index (χ2n) is 5.38. The van der Waals surface area contributed by atoms with Crippen LogP contribution in [0.25, 0.3) is 0 Å². The van der Waals surface area contributed by atoms with E-state index in [-0.39, 0.29) is 18.0 Å². The van der Waals surface area contributed by atoms with Crippen molar-refractivity contribution in [1.29, 1.82) is 0 Å². The number of pyridine rings is 1. The van der Waals surface area contributed by atoms with Crippen LogP contribution in [0.1, 0.15) is 30.6 Å². The van der Waals surface area contributed by atoms with Gasteiger partial charge in [0.05, 0.1) is 11.7 Å². The van der Waals surface area contributed by atoms with Crippen LogP contribution in [0.2, 0.25) is 0 Å². The highest BCUT2D eigenvalue weighted by atomic mass is 16.2. The van der Waals surface area contributed by atoms with Crippen LogP contribution in [-0.4, -0.2) is 16.9 Å². The fraction of sp³-hybridized carbons (Fsp3) is 0.294. The van der Waals surface area contributed by atoms with Crippen molar-refractivity contribution in [3.8, 4) is 0 Å². The van der Waals surface area contributed by atoms with Crippen LogP contribution in [0.5, 0.6) is 0 Å². The maximum Gasteiger partial charge on any atom is 0.241 e. The first-order valence-electron chi connectivity index (χ1n) is 7.30. The molecule has 1 aromatic carbocycles. The largest absolute Gasteiger partial charge is 0.324 e. The highest BCUT2D eigenvalue weighted by Gasteiger charge is 2.25. The van der Waals surface area contributed by atoms with Gasteiger partial charge in [-0.3, -0.25) is 15.1 Å². The van der Waals surface area contributed by atoms with E-state index in [0.29, 0.717) is 0 Å². The number of benzene rings is 1. The Bertz CT molecular complexity index is 627. The summed E-state index contributed by atoms with van der Waals surface area (Å²) < 4.78 is 0. The first-order chi connectivity index (χ1) is 10.2. The molecule has 0 bridgehead atoms. The first-order valence-corrected chi connectivity index (χ1v) is 7.30. The molecular weight excluding hydrogens is 262 g/mol. The molecule has 2 N–H and O–H groups in total. The molecular formula is C17H19N3O. The third-order valence-electron chi connectivity index (χ3n) is 3.88. The summed E-state index contributed by atoms with van der Waals surface area (Å²) in [5.41, 5.74) is 3.07. The predicted molar refractivity (Wildman–Crippen MR) is 83.0 cm³/mol. The van der Waals surface area contributed by atoms with Gasteiger partial charge in [-0.15, -0.1) is 0 Å². The average molecular weight is 281 g/mol. The zero-order chi connectivity index (χ0) is 14.7. The molecule has 0 saturated carbocycles. The van der Waals surface area contributed by atoms with E-state index in [2.05, 4.69) is 21.7 Å². The van der Waals surface area contributed by atoms with Gasteiger partial charge in [0.1, 0.15) is 0 Å². The van der Waals surface area contributed by atoms with E-state index in [1.807, 2.05) is 43.3 Å². The average Bonchev–Trinajstić information content (AvgIpc) is 2.67. The summed E-state index contributed by atoms with van der Waals surface area (Å²) in [4.78, 5) is 16.7. The summed E-state index contributed by atoms with van der Waals surface area (Å²) in [6.45, 7) is 2.04. The molecule has 1 aliphatic heterocycles. The van der Waals surface area contributed by atoms with Crippen molar-refractivity contribution >= 4 is 11.6 Å². The van der Waals surface area contributed by atoms with Crippen LogP contribution in [0.4, 0.5) is 5.69 Å². The number of carbonyl (C=O) groups is 1. The van der Waals surface area contributed by atoms with E-state index in [4.69, 9.17) is 0 Å². The van der Waals surface area contributed by atoms with Gasteiger partial charge in [-0.25, -0.2) is 0 Å². The van der Waals surface area contributed by atoms with E-state index in [1.165, 1.54) is 5.56 Å². The molecule has 4 heteroatoms. The summed E-state index contributed by atoms with van der Waals surface area (Å²) in [5, 5.41) is 6.39. The van der Waals surface area contributed by atoms with E-state index in [1.54, 1.807) is 6.20 Å². The third-order valence-corrected chi connectivity index (χ3v) is 3.88. The zero-order valence-corrected chi connectivity index (χ0v) is 12.0. The maximum absolute atomic E-state index is 12.3. The predicted octanol–water partition coefficient (Wildman–Crippen LogP) is 2.69. The minimum absolute atomic E-state index is 0.0303. The Hall–Kier alpha value is -2.20. The quantitative estimate of drug-likeness (QED) is 0.909. The maximum atomic E-state index is 12.3. The van der Waals surface area contributed by atoms with Crippen molar-refractivity contribution in [3.63, 3.8) is 0 Å². The zero-order valence-electron chi connectivity index (χ0n) is 12.0. The summed E-state index contributed by atoms with van der Waals surface area (Å²) in [5.74, 6) is 0.0303. The third kappa shape index (κ3) is 3.11. The Kier molecular flexibility index (Phi) is 3.97. The molecule has 0 aliphatic carbocycles. The standard InChI is InChI=1S/C17H19N3O/c1-12(14-7-4-5-11-18-14)19-16-10-9-13-6-2-3-8-15(13)20-17(16)21/h2-8,11-12,16,19H,9-10H2,1H3,(H,20,21)/t12-,16?/m0/s1. The van der Waals surface area contributed by atoms with Crippen molar-refractivity contribution < 1.29 is 4.79 Å². The van der Waals surface area contributed by atoms with Gasteiger partial charge in [-0.1, -0.05) is 24.3 Å². The number of nitrogens with one attached hydrogen (secondary N) is 2. The number of nitrogens with zero attached hydrogens (tertiary/aromatic N) is 1. The molecule has 1 unspecified atom stereocenters. The second-order valence-corrected chi connectivity index (χ2v) is 5.38. The Morgan fingerprint density at radius 1 is 1.24 bits per heavy atom. The minimum Gasteiger partial charge on any atom is -0.324 e. The van der Waals surface area contributed by atoms with E-state index in [9.17, 15) is 4.79 Å². The van der Waals surface area contributed by atoms with Gasteiger partial charge >= 0.3 is 0 Å². The minimum atomic E-state index is -0.200. The molecule has 0 spiro atoms. The fourth-order valence-corrected chi connectivity index (χ4v) is 2.69. The normalized spacial score (nSPS) is 19.3. The summed E-state index contributed by atoms with van der Waals surface area (Å²) >= 11 is 0. The van der Waals surface area contributed by atoms with Crippen LogP contribution in [0.3, 0.4) is 0 Å². The smallest absolute Gasteiger partial charge is 0.241 e. The van der Waals surface area contributed by atoms with Gasteiger partial charge in [0.15, 0.2) is 0 Å². The monoisotopic (exact) mass is 281 g/mol. The molecule has 1 amide bonds. The van der Waals surface area contributed by atoms with Gasteiger partial charge < -0.3 is 5.32 Å². The lowest BCUT2D eigenvalue weighted by Crippen LogP contribution is -2.41. The number of hydrogen-bond acceptors (Lipinski definition) is 3.